The summed E-state index contributed by atoms with van der Waals surface area (Å²) in [4.78, 5) is 12.1. The van der Waals surface area contributed by atoms with Crippen LogP contribution in [0.15, 0.2) is 34.0 Å². The van der Waals surface area contributed by atoms with Gasteiger partial charge >= 0.3 is 0 Å². The average Bonchev–Trinajstić information content (AvgIpc) is 2.84. The summed E-state index contributed by atoms with van der Waals surface area (Å²) in [6.07, 6.45) is 8.05. The predicted octanol–water partition coefficient (Wildman–Crippen LogP) is 1.36. The SMILES string of the molecule is CCC#CN1C=CN(C)C1=C1N=CC=N1. The minimum Gasteiger partial charge on any atom is -0.332 e. The third-order valence-corrected chi connectivity index (χ3v) is 2.04. The minimum absolute atomic E-state index is 0.702. The van der Waals surface area contributed by atoms with E-state index in [1.807, 2.05) is 36.2 Å². The maximum absolute atomic E-state index is 4.17. The van der Waals surface area contributed by atoms with Crippen LogP contribution in [0, 0.1) is 12.0 Å². The summed E-state index contributed by atoms with van der Waals surface area (Å²) in [6.45, 7) is 2.02. The van der Waals surface area contributed by atoms with Crippen molar-refractivity contribution in [2.75, 3.05) is 7.05 Å². The molecule has 0 aromatic rings. The zero-order valence-electron chi connectivity index (χ0n) is 8.81. The van der Waals surface area contributed by atoms with Crippen LogP contribution in [0.2, 0.25) is 0 Å². The van der Waals surface area contributed by atoms with Gasteiger partial charge in [-0.3, -0.25) is 4.90 Å². The predicted molar refractivity (Wildman–Crippen MR) is 60.8 cm³/mol. The summed E-state index contributed by atoms with van der Waals surface area (Å²) >= 11 is 0. The molecule has 4 heteroatoms. The Morgan fingerprint density at radius 3 is 2.67 bits per heavy atom. The van der Waals surface area contributed by atoms with Crippen molar-refractivity contribution in [1.29, 1.82) is 0 Å². The maximum Gasteiger partial charge on any atom is 0.195 e. The van der Waals surface area contributed by atoms with E-state index in [1.54, 1.807) is 12.4 Å². The molecule has 0 aliphatic carbocycles. The Kier molecular flexibility index (Phi) is 2.55. The molecule has 2 aliphatic heterocycles. The van der Waals surface area contributed by atoms with Gasteiger partial charge in [0.2, 0.25) is 0 Å². The van der Waals surface area contributed by atoms with E-state index >= 15 is 0 Å². The van der Waals surface area contributed by atoms with E-state index in [4.69, 9.17) is 0 Å². The van der Waals surface area contributed by atoms with Crippen molar-refractivity contribution in [3.63, 3.8) is 0 Å². The van der Waals surface area contributed by atoms with Crippen LogP contribution in [0.4, 0.5) is 0 Å². The lowest BCUT2D eigenvalue weighted by molar-refractivity contribution is 0.475. The highest BCUT2D eigenvalue weighted by molar-refractivity contribution is 6.18. The highest BCUT2D eigenvalue weighted by Gasteiger charge is 2.20. The van der Waals surface area contributed by atoms with Gasteiger partial charge in [0.25, 0.3) is 0 Å². The first-order chi connectivity index (χ1) is 7.33. The molecule has 0 spiro atoms. The fourth-order valence-corrected chi connectivity index (χ4v) is 1.35. The molecule has 2 heterocycles. The summed E-state index contributed by atoms with van der Waals surface area (Å²) < 4.78 is 0. The molecule has 0 radical (unpaired) electrons. The van der Waals surface area contributed by atoms with E-state index in [0.29, 0.717) is 5.82 Å². The Bertz CT molecular complexity index is 417. The van der Waals surface area contributed by atoms with E-state index in [2.05, 4.69) is 21.9 Å². The van der Waals surface area contributed by atoms with Crippen molar-refractivity contribution in [2.45, 2.75) is 13.3 Å². The van der Waals surface area contributed by atoms with Crippen LogP contribution in [0.5, 0.6) is 0 Å². The smallest absolute Gasteiger partial charge is 0.195 e. The van der Waals surface area contributed by atoms with E-state index in [9.17, 15) is 0 Å². The number of hydrogen-bond acceptors (Lipinski definition) is 4. The molecular weight excluding hydrogens is 188 g/mol. The van der Waals surface area contributed by atoms with Gasteiger partial charge in [-0.2, -0.15) is 0 Å². The molecule has 0 aromatic carbocycles. The Morgan fingerprint density at radius 2 is 2.00 bits per heavy atom. The highest BCUT2D eigenvalue weighted by atomic mass is 15.4. The molecular formula is C11H12N4. The minimum atomic E-state index is 0.702. The van der Waals surface area contributed by atoms with Crippen molar-refractivity contribution >= 4 is 12.4 Å². The summed E-state index contributed by atoms with van der Waals surface area (Å²) in [5.74, 6) is 4.63. The third kappa shape index (κ3) is 1.77. The fourth-order valence-electron chi connectivity index (χ4n) is 1.35. The van der Waals surface area contributed by atoms with E-state index in [0.717, 1.165) is 12.2 Å². The standard InChI is InChI=1S/C11H12N4/c1-3-4-7-15-9-8-14(2)11(15)10-12-5-6-13-10/h5-6,8-9H,3H2,1-2H3. The van der Waals surface area contributed by atoms with Gasteiger partial charge in [-0.05, 0) is 0 Å². The van der Waals surface area contributed by atoms with Crippen molar-refractivity contribution in [3.05, 3.63) is 24.0 Å². The average molecular weight is 200 g/mol. The second-order valence-electron chi connectivity index (χ2n) is 3.12. The molecule has 0 saturated heterocycles. The van der Waals surface area contributed by atoms with Crippen LogP contribution in [0.3, 0.4) is 0 Å². The van der Waals surface area contributed by atoms with Gasteiger partial charge < -0.3 is 4.90 Å². The molecule has 15 heavy (non-hydrogen) atoms. The van der Waals surface area contributed by atoms with Gasteiger partial charge in [-0.25, -0.2) is 9.98 Å². The lowest BCUT2D eigenvalue weighted by Gasteiger charge is -2.16. The number of nitrogens with zero attached hydrogens (tertiary/aromatic N) is 4. The van der Waals surface area contributed by atoms with E-state index < -0.39 is 0 Å². The monoisotopic (exact) mass is 200 g/mol. The lowest BCUT2D eigenvalue weighted by Crippen LogP contribution is -2.17. The van der Waals surface area contributed by atoms with Crippen LogP contribution in [0.1, 0.15) is 13.3 Å². The largest absolute Gasteiger partial charge is 0.332 e. The molecule has 4 nitrogen and oxygen atoms in total. The summed E-state index contributed by atoms with van der Waals surface area (Å²) in [6, 6.07) is 3.04. The number of hydrogen-bond donors (Lipinski definition) is 0. The van der Waals surface area contributed by atoms with Crippen LogP contribution in [-0.2, 0) is 0 Å². The van der Waals surface area contributed by atoms with Gasteiger partial charge in [0, 0.05) is 44.3 Å². The van der Waals surface area contributed by atoms with Gasteiger partial charge in [-0.15, -0.1) is 0 Å². The molecule has 0 unspecified atom stereocenters. The van der Waals surface area contributed by atoms with Crippen molar-refractivity contribution < 1.29 is 0 Å². The molecule has 0 fully saturated rings. The van der Waals surface area contributed by atoms with E-state index in [1.165, 1.54) is 0 Å². The normalized spacial score (nSPS) is 17.7. The molecule has 0 aromatic heterocycles. The van der Waals surface area contributed by atoms with Gasteiger partial charge in [0.1, 0.15) is 0 Å². The molecule has 76 valence electrons. The molecule has 0 amide bonds. The summed E-state index contributed by atoms with van der Waals surface area (Å²) in [5.41, 5.74) is 0. The topological polar surface area (TPSA) is 31.2 Å². The number of rotatable bonds is 0. The van der Waals surface area contributed by atoms with Gasteiger partial charge in [0.05, 0.1) is 0 Å². The quantitative estimate of drug-likeness (QED) is 0.553. The Labute approximate surface area is 89.3 Å². The summed E-state index contributed by atoms with van der Waals surface area (Å²) in [5, 5.41) is 0. The maximum atomic E-state index is 4.17. The molecule has 2 aliphatic rings. The van der Waals surface area contributed by atoms with Gasteiger partial charge in [-0.1, -0.05) is 12.8 Å². The summed E-state index contributed by atoms with van der Waals surface area (Å²) in [7, 11) is 1.95. The number of aliphatic imine (C=N–C) groups is 2. The Morgan fingerprint density at radius 1 is 1.27 bits per heavy atom. The Balaban J connectivity index is 2.33. The van der Waals surface area contributed by atoms with Crippen LogP contribution < -0.4 is 0 Å². The second-order valence-corrected chi connectivity index (χ2v) is 3.12. The highest BCUT2D eigenvalue weighted by Crippen LogP contribution is 2.22. The second kappa shape index (κ2) is 4.01. The Hall–Kier alpha value is -2.02. The fraction of sp³-hybridized carbons (Fsp3) is 0.273. The zero-order valence-corrected chi connectivity index (χ0v) is 8.81. The molecule has 2 rings (SSSR count). The van der Waals surface area contributed by atoms with Crippen molar-refractivity contribution in [3.8, 4) is 12.0 Å². The zero-order chi connectivity index (χ0) is 10.7. The lowest BCUT2D eigenvalue weighted by atomic mass is 10.5. The molecule has 0 bridgehead atoms. The van der Waals surface area contributed by atoms with Crippen LogP contribution >= 0.6 is 0 Å². The molecule has 0 saturated carbocycles. The van der Waals surface area contributed by atoms with Gasteiger partial charge in [0.15, 0.2) is 11.6 Å². The first-order valence-electron chi connectivity index (χ1n) is 4.83. The van der Waals surface area contributed by atoms with Crippen molar-refractivity contribution in [2.24, 2.45) is 9.98 Å². The van der Waals surface area contributed by atoms with Crippen LogP contribution in [-0.4, -0.2) is 29.3 Å². The first-order valence-corrected chi connectivity index (χ1v) is 4.83. The molecule has 0 atom stereocenters. The first kappa shape index (κ1) is 9.53. The third-order valence-electron chi connectivity index (χ3n) is 2.04. The van der Waals surface area contributed by atoms with Crippen molar-refractivity contribution in [1.82, 2.24) is 9.80 Å². The van der Waals surface area contributed by atoms with Crippen LogP contribution in [0.25, 0.3) is 0 Å². The molecule has 0 N–H and O–H groups in total. The van der Waals surface area contributed by atoms with E-state index in [-0.39, 0.29) is 0 Å².